The highest BCUT2D eigenvalue weighted by Gasteiger charge is 2.34. The van der Waals surface area contributed by atoms with Gasteiger partial charge in [-0.05, 0) is 39.7 Å². The Labute approximate surface area is 97.1 Å². The summed E-state index contributed by atoms with van der Waals surface area (Å²) in [5.41, 5.74) is 1.66. The maximum Gasteiger partial charge on any atom is 0.182 e. The minimum absolute atomic E-state index is 0.229. The first-order valence-corrected chi connectivity index (χ1v) is 5.98. The number of piperidine rings is 1. The maximum atomic E-state index is 12.4. The molecule has 0 saturated carbocycles. The highest BCUT2D eigenvalue weighted by atomic mass is 16.1. The van der Waals surface area contributed by atoms with Gasteiger partial charge in [-0.2, -0.15) is 0 Å². The number of benzene rings is 1. The van der Waals surface area contributed by atoms with Crippen molar-refractivity contribution in [3.05, 3.63) is 35.4 Å². The van der Waals surface area contributed by atoms with Crippen LogP contribution in [-0.2, 0) is 0 Å². The number of carbonyl (C=O) groups is 1. The Bertz CT molecular complexity index is 374. The smallest absolute Gasteiger partial charge is 0.182 e. The van der Waals surface area contributed by atoms with Gasteiger partial charge in [0.05, 0.1) is 5.54 Å². The Hall–Kier alpha value is -1.15. The Morgan fingerprint density at radius 2 is 1.94 bits per heavy atom. The van der Waals surface area contributed by atoms with E-state index >= 15 is 0 Å². The van der Waals surface area contributed by atoms with E-state index < -0.39 is 0 Å². The predicted octanol–water partition coefficient (Wildman–Crippen LogP) is 2.71. The first-order valence-electron chi connectivity index (χ1n) is 5.98. The molecule has 1 N–H and O–H groups in total. The van der Waals surface area contributed by atoms with E-state index in [1.54, 1.807) is 0 Å². The van der Waals surface area contributed by atoms with Gasteiger partial charge in [0.25, 0.3) is 0 Å². The van der Waals surface area contributed by atoms with Crippen molar-refractivity contribution in [2.24, 2.45) is 0 Å². The summed E-state index contributed by atoms with van der Waals surface area (Å²) < 4.78 is 0. The molecule has 1 aromatic carbocycles. The summed E-state index contributed by atoms with van der Waals surface area (Å²) in [5.74, 6) is 0.229. The molecule has 0 radical (unpaired) electrons. The molecule has 16 heavy (non-hydrogen) atoms. The molecule has 1 saturated heterocycles. The number of carbonyl (C=O) groups excluding carboxylic acids is 1. The minimum Gasteiger partial charge on any atom is -0.305 e. The summed E-state index contributed by atoms with van der Waals surface area (Å²) in [6.07, 6.45) is 3.26. The van der Waals surface area contributed by atoms with Crippen molar-refractivity contribution in [2.75, 3.05) is 6.54 Å². The lowest BCUT2D eigenvalue weighted by atomic mass is 9.83. The van der Waals surface area contributed by atoms with Crippen LogP contribution in [-0.4, -0.2) is 17.9 Å². The second-order valence-electron chi connectivity index (χ2n) is 4.91. The van der Waals surface area contributed by atoms with Gasteiger partial charge >= 0.3 is 0 Å². The molecule has 1 aliphatic rings. The molecule has 1 atom stereocenters. The number of aryl methyl sites for hydroxylation is 1. The van der Waals surface area contributed by atoms with Gasteiger partial charge in [0.15, 0.2) is 5.78 Å². The highest BCUT2D eigenvalue weighted by Crippen LogP contribution is 2.23. The summed E-state index contributed by atoms with van der Waals surface area (Å²) >= 11 is 0. The van der Waals surface area contributed by atoms with Gasteiger partial charge in [0.1, 0.15) is 0 Å². The van der Waals surface area contributed by atoms with Crippen molar-refractivity contribution in [1.82, 2.24) is 5.32 Å². The number of rotatable bonds is 2. The van der Waals surface area contributed by atoms with E-state index in [0.717, 1.165) is 24.9 Å². The van der Waals surface area contributed by atoms with Crippen molar-refractivity contribution >= 4 is 5.78 Å². The molecule has 2 rings (SSSR count). The molecule has 1 heterocycles. The number of ketones is 1. The van der Waals surface area contributed by atoms with E-state index in [2.05, 4.69) is 5.32 Å². The van der Waals surface area contributed by atoms with E-state index in [9.17, 15) is 4.79 Å². The average molecular weight is 217 g/mol. The van der Waals surface area contributed by atoms with Crippen molar-refractivity contribution in [2.45, 2.75) is 38.6 Å². The van der Waals surface area contributed by atoms with Crippen LogP contribution >= 0.6 is 0 Å². The largest absolute Gasteiger partial charge is 0.305 e. The van der Waals surface area contributed by atoms with Crippen molar-refractivity contribution < 1.29 is 4.79 Å². The molecule has 0 aromatic heterocycles. The molecule has 0 amide bonds. The lowest BCUT2D eigenvalue weighted by Crippen LogP contribution is -2.52. The Morgan fingerprint density at radius 3 is 2.50 bits per heavy atom. The van der Waals surface area contributed by atoms with E-state index in [-0.39, 0.29) is 11.3 Å². The van der Waals surface area contributed by atoms with Gasteiger partial charge in [0.2, 0.25) is 0 Å². The fourth-order valence-electron chi connectivity index (χ4n) is 2.27. The molecule has 2 nitrogen and oxygen atoms in total. The summed E-state index contributed by atoms with van der Waals surface area (Å²) in [6, 6.07) is 7.86. The average Bonchev–Trinajstić information content (AvgIpc) is 2.30. The SMILES string of the molecule is Cc1ccc(C(=O)C2(C)CCCCN2)cc1. The molecule has 0 aliphatic carbocycles. The summed E-state index contributed by atoms with van der Waals surface area (Å²) in [7, 11) is 0. The highest BCUT2D eigenvalue weighted by molar-refractivity contribution is 6.03. The van der Waals surface area contributed by atoms with Crippen LogP contribution in [0.2, 0.25) is 0 Å². The molecule has 1 aromatic rings. The van der Waals surface area contributed by atoms with Crippen LogP contribution in [0.1, 0.15) is 42.1 Å². The van der Waals surface area contributed by atoms with Gasteiger partial charge in [-0.1, -0.05) is 29.8 Å². The molecule has 1 fully saturated rings. The lowest BCUT2D eigenvalue weighted by Gasteiger charge is -2.33. The molecular weight excluding hydrogens is 198 g/mol. The van der Waals surface area contributed by atoms with Crippen LogP contribution in [0.5, 0.6) is 0 Å². The number of hydrogen-bond acceptors (Lipinski definition) is 2. The second-order valence-corrected chi connectivity index (χ2v) is 4.91. The molecule has 1 aliphatic heterocycles. The molecule has 86 valence electrons. The van der Waals surface area contributed by atoms with Crippen LogP contribution < -0.4 is 5.32 Å². The standard InChI is InChI=1S/C14H19NO/c1-11-5-7-12(8-6-11)13(16)14(2)9-3-4-10-15-14/h5-8,15H,3-4,9-10H2,1-2H3. The van der Waals surface area contributed by atoms with E-state index in [4.69, 9.17) is 0 Å². The van der Waals surface area contributed by atoms with Gasteiger partial charge < -0.3 is 5.32 Å². The fourth-order valence-corrected chi connectivity index (χ4v) is 2.27. The lowest BCUT2D eigenvalue weighted by molar-refractivity contribution is 0.0835. The van der Waals surface area contributed by atoms with E-state index in [0.29, 0.717) is 0 Å². The predicted molar refractivity (Wildman–Crippen MR) is 65.8 cm³/mol. The number of hydrogen-bond donors (Lipinski definition) is 1. The van der Waals surface area contributed by atoms with E-state index in [1.165, 1.54) is 12.0 Å². The third-order valence-electron chi connectivity index (χ3n) is 3.43. The van der Waals surface area contributed by atoms with E-state index in [1.807, 2.05) is 38.1 Å². The zero-order chi connectivity index (χ0) is 11.6. The molecule has 0 bridgehead atoms. The van der Waals surface area contributed by atoms with Gasteiger partial charge in [0, 0.05) is 5.56 Å². The summed E-state index contributed by atoms with van der Waals surface area (Å²) in [6.45, 7) is 5.01. The first-order chi connectivity index (χ1) is 7.62. The van der Waals surface area contributed by atoms with Crippen LogP contribution in [0.3, 0.4) is 0 Å². The van der Waals surface area contributed by atoms with Crippen LogP contribution in [0.25, 0.3) is 0 Å². The molecule has 2 heteroatoms. The normalized spacial score (nSPS) is 25.4. The van der Waals surface area contributed by atoms with Gasteiger partial charge in [-0.15, -0.1) is 0 Å². The maximum absolute atomic E-state index is 12.4. The Morgan fingerprint density at radius 1 is 1.25 bits per heavy atom. The van der Waals surface area contributed by atoms with Gasteiger partial charge in [-0.3, -0.25) is 4.79 Å². The van der Waals surface area contributed by atoms with Crippen LogP contribution in [0.4, 0.5) is 0 Å². The van der Waals surface area contributed by atoms with Gasteiger partial charge in [-0.25, -0.2) is 0 Å². The zero-order valence-electron chi connectivity index (χ0n) is 10.0. The first kappa shape index (κ1) is 11.3. The number of nitrogens with one attached hydrogen (secondary N) is 1. The van der Waals surface area contributed by atoms with Crippen molar-refractivity contribution in [3.63, 3.8) is 0 Å². The second kappa shape index (κ2) is 4.38. The monoisotopic (exact) mass is 217 g/mol. The van der Waals surface area contributed by atoms with Crippen molar-refractivity contribution in [3.8, 4) is 0 Å². The summed E-state index contributed by atoms with van der Waals surface area (Å²) in [5, 5.41) is 3.36. The zero-order valence-corrected chi connectivity index (χ0v) is 10.0. The molecular formula is C14H19NO. The third-order valence-corrected chi connectivity index (χ3v) is 3.43. The Kier molecular flexibility index (Phi) is 3.10. The minimum atomic E-state index is -0.354. The third kappa shape index (κ3) is 2.17. The quantitative estimate of drug-likeness (QED) is 0.772. The summed E-state index contributed by atoms with van der Waals surface area (Å²) in [4.78, 5) is 12.4. The van der Waals surface area contributed by atoms with Crippen LogP contribution in [0.15, 0.2) is 24.3 Å². The molecule has 0 spiro atoms. The molecule has 1 unspecified atom stereocenters. The van der Waals surface area contributed by atoms with Crippen LogP contribution in [0, 0.1) is 6.92 Å². The fraction of sp³-hybridized carbons (Fsp3) is 0.500. The Balaban J connectivity index is 2.20. The number of Topliss-reactive ketones (excluding diaryl/α,β-unsaturated/α-hetero) is 1. The topological polar surface area (TPSA) is 29.1 Å². The van der Waals surface area contributed by atoms with Crippen molar-refractivity contribution in [1.29, 1.82) is 0 Å².